The minimum atomic E-state index is 0.325. The van der Waals surface area contributed by atoms with Crippen molar-refractivity contribution in [3.8, 4) is 0 Å². The highest BCUT2D eigenvalue weighted by molar-refractivity contribution is 5.75. The van der Waals surface area contributed by atoms with E-state index in [4.69, 9.17) is 0 Å². The second kappa shape index (κ2) is 14.5. The molecule has 0 bridgehead atoms. The molecule has 0 aromatic rings. The van der Waals surface area contributed by atoms with E-state index in [1.165, 1.54) is 25.7 Å². The van der Waals surface area contributed by atoms with E-state index in [0.717, 1.165) is 25.9 Å². The Morgan fingerprint density at radius 2 is 1.38 bits per heavy atom. The van der Waals surface area contributed by atoms with E-state index < -0.39 is 0 Å². The summed E-state index contributed by atoms with van der Waals surface area (Å²) < 4.78 is 0. The number of unbranched alkanes of at least 4 members (excludes halogenated alkanes) is 4. The second-order valence-electron chi connectivity index (χ2n) is 3.73. The molecule has 2 heteroatoms. The highest BCUT2D eigenvalue weighted by atomic mass is 16.2. The molecule has 16 heavy (non-hydrogen) atoms. The van der Waals surface area contributed by atoms with Crippen molar-refractivity contribution in [3.63, 3.8) is 0 Å². The van der Waals surface area contributed by atoms with Gasteiger partial charge in [0.05, 0.1) is 0 Å². The molecule has 0 saturated carbocycles. The maximum absolute atomic E-state index is 11.6. The minimum Gasteiger partial charge on any atom is -0.343 e. The summed E-state index contributed by atoms with van der Waals surface area (Å²) in [5.74, 6) is 0.325. The van der Waals surface area contributed by atoms with Crippen molar-refractivity contribution >= 4 is 5.91 Å². The van der Waals surface area contributed by atoms with Crippen LogP contribution in [0.2, 0.25) is 0 Å². The number of carbonyl (C=O) groups is 1. The molecule has 0 radical (unpaired) electrons. The fraction of sp³-hybridized carbons (Fsp3) is 0.929. The number of nitrogens with zero attached hydrogens (tertiary/aromatic N) is 1. The van der Waals surface area contributed by atoms with Gasteiger partial charge in [-0.1, -0.05) is 46.5 Å². The molecule has 0 aromatic carbocycles. The van der Waals surface area contributed by atoms with Crippen molar-refractivity contribution in [1.82, 2.24) is 4.90 Å². The summed E-state index contributed by atoms with van der Waals surface area (Å²) in [6.07, 6.45) is 6.87. The maximum Gasteiger partial charge on any atom is 0.222 e. The minimum absolute atomic E-state index is 0.325. The van der Waals surface area contributed by atoms with Gasteiger partial charge in [-0.2, -0.15) is 0 Å². The van der Waals surface area contributed by atoms with Gasteiger partial charge in [0.1, 0.15) is 0 Å². The number of hydrogen-bond donors (Lipinski definition) is 0. The topological polar surface area (TPSA) is 20.3 Å². The van der Waals surface area contributed by atoms with Crippen molar-refractivity contribution in [1.29, 1.82) is 0 Å². The van der Waals surface area contributed by atoms with Gasteiger partial charge in [0.2, 0.25) is 5.91 Å². The van der Waals surface area contributed by atoms with Gasteiger partial charge in [0.25, 0.3) is 0 Å². The molecule has 0 spiro atoms. The van der Waals surface area contributed by atoms with Crippen molar-refractivity contribution in [2.45, 2.75) is 73.1 Å². The Morgan fingerprint density at radius 3 is 1.81 bits per heavy atom. The molecule has 0 atom stereocenters. The van der Waals surface area contributed by atoms with Crippen LogP contribution in [0.5, 0.6) is 0 Å². The van der Waals surface area contributed by atoms with Crippen LogP contribution >= 0.6 is 0 Å². The number of hydrogen-bond acceptors (Lipinski definition) is 1. The van der Waals surface area contributed by atoms with Gasteiger partial charge < -0.3 is 4.90 Å². The van der Waals surface area contributed by atoms with Crippen molar-refractivity contribution in [3.05, 3.63) is 0 Å². The lowest BCUT2D eigenvalue weighted by Gasteiger charge is -2.18. The SMILES string of the molecule is CC.CCCCCCCC(=O)N(CC)CC. The van der Waals surface area contributed by atoms with E-state index in [0.29, 0.717) is 5.91 Å². The Hall–Kier alpha value is -0.530. The van der Waals surface area contributed by atoms with E-state index in [2.05, 4.69) is 6.92 Å². The molecule has 0 aliphatic heterocycles. The molecule has 2 nitrogen and oxygen atoms in total. The third-order valence-corrected chi connectivity index (χ3v) is 2.61. The quantitative estimate of drug-likeness (QED) is 0.570. The van der Waals surface area contributed by atoms with Crippen molar-refractivity contribution in [2.24, 2.45) is 0 Å². The average Bonchev–Trinajstić information content (AvgIpc) is 2.33. The molecule has 0 unspecified atom stereocenters. The van der Waals surface area contributed by atoms with Gasteiger partial charge in [-0.3, -0.25) is 4.79 Å². The van der Waals surface area contributed by atoms with Crippen molar-refractivity contribution in [2.75, 3.05) is 13.1 Å². The Morgan fingerprint density at radius 1 is 0.875 bits per heavy atom. The van der Waals surface area contributed by atoms with Crippen LogP contribution < -0.4 is 0 Å². The predicted octanol–water partition coefficient (Wildman–Crippen LogP) is 4.24. The Balaban J connectivity index is 0. The first-order chi connectivity index (χ1) is 7.76. The summed E-state index contributed by atoms with van der Waals surface area (Å²) >= 11 is 0. The molecule has 0 aromatic heterocycles. The van der Waals surface area contributed by atoms with Crippen LogP contribution in [0.4, 0.5) is 0 Å². The lowest BCUT2D eigenvalue weighted by molar-refractivity contribution is -0.130. The zero-order valence-corrected chi connectivity index (χ0v) is 12.0. The monoisotopic (exact) mass is 229 g/mol. The average molecular weight is 229 g/mol. The van der Waals surface area contributed by atoms with Crippen LogP contribution in [0.3, 0.4) is 0 Å². The predicted molar refractivity (Wildman–Crippen MR) is 72.7 cm³/mol. The second-order valence-corrected chi connectivity index (χ2v) is 3.73. The van der Waals surface area contributed by atoms with Gasteiger partial charge in [-0.15, -0.1) is 0 Å². The smallest absolute Gasteiger partial charge is 0.222 e. The number of amides is 1. The molecule has 0 aliphatic carbocycles. The van der Waals surface area contributed by atoms with E-state index in [-0.39, 0.29) is 0 Å². The molecule has 0 aliphatic rings. The Labute approximate surface area is 102 Å². The summed E-state index contributed by atoms with van der Waals surface area (Å²) in [4.78, 5) is 13.5. The molecular weight excluding hydrogens is 198 g/mol. The van der Waals surface area contributed by atoms with Gasteiger partial charge in [-0.05, 0) is 20.3 Å². The molecule has 1 amide bonds. The summed E-state index contributed by atoms with van der Waals surface area (Å²) in [5.41, 5.74) is 0. The lowest BCUT2D eigenvalue weighted by atomic mass is 10.1. The first-order valence-electron chi connectivity index (χ1n) is 7.04. The number of rotatable bonds is 8. The molecule has 98 valence electrons. The highest BCUT2D eigenvalue weighted by Crippen LogP contribution is 2.06. The summed E-state index contributed by atoms with van der Waals surface area (Å²) in [6.45, 7) is 12.0. The summed E-state index contributed by atoms with van der Waals surface area (Å²) in [5, 5.41) is 0. The van der Waals surface area contributed by atoms with Crippen LogP contribution in [0, 0.1) is 0 Å². The third-order valence-electron chi connectivity index (χ3n) is 2.61. The fourth-order valence-corrected chi connectivity index (χ4v) is 1.61. The van der Waals surface area contributed by atoms with E-state index in [9.17, 15) is 4.79 Å². The first kappa shape index (κ1) is 17.9. The van der Waals surface area contributed by atoms with Gasteiger partial charge >= 0.3 is 0 Å². The van der Waals surface area contributed by atoms with Crippen LogP contribution in [-0.2, 0) is 4.79 Å². The van der Waals surface area contributed by atoms with E-state index >= 15 is 0 Å². The van der Waals surface area contributed by atoms with Crippen molar-refractivity contribution < 1.29 is 4.79 Å². The highest BCUT2D eigenvalue weighted by Gasteiger charge is 2.07. The van der Waals surface area contributed by atoms with Crippen LogP contribution in [0.15, 0.2) is 0 Å². The lowest BCUT2D eigenvalue weighted by Crippen LogP contribution is -2.30. The standard InChI is InChI=1S/C12H25NO.C2H6/c1-4-7-8-9-10-11-12(14)13(5-2)6-3;1-2/h4-11H2,1-3H3;1-2H3. The molecule has 0 saturated heterocycles. The largest absolute Gasteiger partial charge is 0.343 e. The maximum atomic E-state index is 11.6. The van der Waals surface area contributed by atoms with Crippen LogP contribution in [-0.4, -0.2) is 23.9 Å². The zero-order valence-electron chi connectivity index (χ0n) is 12.0. The zero-order chi connectivity index (χ0) is 12.8. The van der Waals surface area contributed by atoms with E-state index in [1.54, 1.807) is 0 Å². The summed E-state index contributed by atoms with van der Waals surface area (Å²) in [7, 11) is 0. The molecular formula is C14H31NO. The third kappa shape index (κ3) is 10.0. The molecule has 0 N–H and O–H groups in total. The Kier molecular flexibility index (Phi) is 16.1. The van der Waals surface area contributed by atoms with Gasteiger partial charge in [-0.25, -0.2) is 0 Å². The first-order valence-corrected chi connectivity index (χ1v) is 7.04. The van der Waals surface area contributed by atoms with Gasteiger partial charge in [0, 0.05) is 19.5 Å². The molecule has 0 rings (SSSR count). The van der Waals surface area contributed by atoms with Crippen LogP contribution in [0.25, 0.3) is 0 Å². The molecule has 0 fully saturated rings. The summed E-state index contributed by atoms with van der Waals surface area (Å²) in [6, 6.07) is 0. The van der Waals surface area contributed by atoms with Gasteiger partial charge in [0.15, 0.2) is 0 Å². The molecule has 0 heterocycles. The van der Waals surface area contributed by atoms with Crippen LogP contribution in [0.1, 0.15) is 73.1 Å². The van der Waals surface area contributed by atoms with E-state index in [1.807, 2.05) is 32.6 Å². The fourth-order valence-electron chi connectivity index (χ4n) is 1.61. The normalized spacial score (nSPS) is 9.31. The number of carbonyl (C=O) groups excluding carboxylic acids is 1. The Bertz CT molecular complexity index is 142.